The van der Waals surface area contributed by atoms with Crippen molar-refractivity contribution in [1.82, 2.24) is 0 Å². The highest BCUT2D eigenvalue weighted by molar-refractivity contribution is 8.01. The molecule has 0 aliphatic carbocycles. The Kier molecular flexibility index (Phi) is 7.69. The fourth-order valence-corrected chi connectivity index (χ4v) is 7.77. The second-order valence-corrected chi connectivity index (χ2v) is 11.7. The third-order valence-electron chi connectivity index (χ3n) is 4.86. The van der Waals surface area contributed by atoms with Crippen molar-refractivity contribution in [2.75, 3.05) is 0 Å². The summed E-state index contributed by atoms with van der Waals surface area (Å²) in [6.45, 7) is 0. The molecular weight excluding hydrogens is 468 g/mol. The minimum atomic E-state index is -6.09. The van der Waals surface area contributed by atoms with Crippen molar-refractivity contribution in [3.05, 3.63) is 121 Å². The van der Waals surface area contributed by atoms with E-state index in [1.54, 1.807) is 0 Å². The van der Waals surface area contributed by atoms with Gasteiger partial charge in [-0.2, -0.15) is 13.2 Å². The highest BCUT2D eigenvalue weighted by Gasteiger charge is 2.47. The molecule has 4 rings (SSSR count). The highest BCUT2D eigenvalue weighted by Crippen LogP contribution is 2.53. The van der Waals surface area contributed by atoms with Crippen molar-refractivity contribution in [3.63, 3.8) is 0 Å². The minimum absolute atomic E-state index is 1.39. The smallest absolute Gasteiger partial charge is 0.485 e. The number of hydrogen-bond acceptors (Lipinski definition) is 3. The van der Waals surface area contributed by atoms with Crippen molar-refractivity contribution in [2.45, 2.75) is 5.51 Å². The molecule has 3 nitrogen and oxygen atoms in total. The maximum atomic E-state index is 10.7. The average molecular weight is 488 g/mol. The molecule has 0 amide bonds. The number of hydrogen-bond donors (Lipinski definition) is 0. The third-order valence-corrected chi connectivity index (χ3v) is 9.72. The van der Waals surface area contributed by atoms with Gasteiger partial charge in [0, 0.05) is 0 Å². The first kappa shape index (κ1) is 24.6. The normalized spacial score (nSPS) is 11.9. The summed E-state index contributed by atoms with van der Waals surface area (Å²) in [5, 5.41) is 5.55. The van der Waals surface area contributed by atoms with E-state index < -0.39 is 22.9 Å². The van der Waals surface area contributed by atoms with Gasteiger partial charge in [-0.25, -0.2) is 8.42 Å². The van der Waals surface area contributed by atoms with Crippen LogP contribution in [0.1, 0.15) is 0 Å². The van der Waals surface area contributed by atoms with Crippen molar-refractivity contribution >= 4 is 38.6 Å². The van der Waals surface area contributed by atoms with E-state index in [2.05, 4.69) is 121 Å². The van der Waals surface area contributed by atoms with E-state index in [0.29, 0.717) is 0 Å². The Labute approximate surface area is 191 Å². The Balaban J connectivity index is 0.000000331. The predicted octanol–water partition coefficient (Wildman–Crippen LogP) is 4.36. The second kappa shape index (κ2) is 10.3. The molecule has 0 bridgehead atoms. The van der Waals surface area contributed by atoms with Crippen LogP contribution >= 0.6 is 7.26 Å². The standard InChI is InChI=1S/C24H20P.CHF3O3S/c1-5-13-21(14-6-1)25(22-15-7-2-8-16-22,23-17-9-3-10-18-23)24-19-11-4-12-20-24;2-1(3,4)8(5,6)7/h1-20H;(H,5,6,7)/q+1;/p-1. The quantitative estimate of drug-likeness (QED) is 0.244. The van der Waals surface area contributed by atoms with Gasteiger partial charge in [-0.15, -0.1) is 0 Å². The minimum Gasteiger partial charge on any atom is -0.741 e. The number of halogens is 3. The van der Waals surface area contributed by atoms with Crippen LogP contribution in [-0.2, 0) is 10.1 Å². The first-order valence-corrected chi connectivity index (χ1v) is 13.0. The fourth-order valence-electron chi connectivity index (χ4n) is 3.50. The lowest BCUT2D eigenvalue weighted by molar-refractivity contribution is -0.0517. The van der Waals surface area contributed by atoms with E-state index in [4.69, 9.17) is 13.0 Å². The Morgan fingerprint density at radius 1 is 0.515 bits per heavy atom. The van der Waals surface area contributed by atoms with E-state index in [0.717, 1.165) is 0 Å². The zero-order valence-corrected chi connectivity index (χ0v) is 19.0. The Morgan fingerprint density at radius 3 is 0.848 bits per heavy atom. The molecule has 0 atom stereocenters. The Hall–Kier alpha value is -2.99. The van der Waals surface area contributed by atoms with Crippen LogP contribution in [0.25, 0.3) is 0 Å². The SMILES string of the molecule is O=S(=O)([O-])C(F)(F)F.c1ccc([P+](c2ccccc2)(c2ccccc2)c2ccccc2)cc1. The molecule has 0 fully saturated rings. The summed E-state index contributed by atoms with van der Waals surface area (Å²) in [7, 11) is -8.00. The summed E-state index contributed by atoms with van der Waals surface area (Å²) in [5.74, 6) is 0. The molecule has 0 N–H and O–H groups in total. The predicted molar refractivity (Wildman–Crippen MR) is 127 cm³/mol. The molecule has 0 saturated heterocycles. The Bertz CT molecular complexity index is 1090. The van der Waals surface area contributed by atoms with Gasteiger partial charge in [0.2, 0.25) is 0 Å². The molecule has 0 heterocycles. The van der Waals surface area contributed by atoms with E-state index in [-0.39, 0.29) is 0 Å². The van der Waals surface area contributed by atoms with Crippen LogP contribution in [0.15, 0.2) is 121 Å². The average Bonchev–Trinajstić information content (AvgIpc) is 2.82. The van der Waals surface area contributed by atoms with Gasteiger partial charge < -0.3 is 4.55 Å². The summed E-state index contributed by atoms with van der Waals surface area (Å²) in [4.78, 5) is 0. The van der Waals surface area contributed by atoms with Crippen molar-refractivity contribution < 1.29 is 26.1 Å². The summed E-state index contributed by atoms with van der Waals surface area (Å²) >= 11 is 0. The molecule has 0 aromatic heterocycles. The molecule has 170 valence electrons. The molecule has 0 aliphatic rings. The van der Waals surface area contributed by atoms with Crippen molar-refractivity contribution in [2.24, 2.45) is 0 Å². The van der Waals surface area contributed by atoms with Crippen LogP contribution in [0.5, 0.6) is 0 Å². The van der Waals surface area contributed by atoms with Gasteiger partial charge in [0.25, 0.3) is 0 Å². The lowest BCUT2D eigenvalue weighted by atomic mass is 10.3. The molecular formula is C25H20F3O3PS. The molecule has 0 radical (unpaired) electrons. The maximum Gasteiger partial charge on any atom is 0.485 e. The van der Waals surface area contributed by atoms with Gasteiger partial charge in [-0.3, -0.25) is 0 Å². The molecule has 4 aromatic rings. The maximum absolute atomic E-state index is 10.7. The van der Waals surface area contributed by atoms with Gasteiger partial charge >= 0.3 is 5.51 Å². The molecule has 0 spiro atoms. The lowest BCUT2D eigenvalue weighted by Gasteiger charge is -2.27. The topological polar surface area (TPSA) is 57.2 Å². The zero-order valence-electron chi connectivity index (χ0n) is 17.3. The summed E-state index contributed by atoms with van der Waals surface area (Å²) in [5.41, 5.74) is -5.65. The molecule has 0 aliphatic heterocycles. The van der Waals surface area contributed by atoms with Crippen molar-refractivity contribution in [3.8, 4) is 0 Å². The first-order valence-electron chi connectivity index (χ1n) is 9.81. The lowest BCUT2D eigenvalue weighted by Crippen LogP contribution is -2.38. The van der Waals surface area contributed by atoms with E-state index in [9.17, 15) is 13.2 Å². The van der Waals surface area contributed by atoms with Gasteiger partial charge in [-0.05, 0) is 48.5 Å². The van der Waals surface area contributed by atoms with Crippen LogP contribution in [-0.4, -0.2) is 18.5 Å². The molecule has 0 saturated carbocycles. The largest absolute Gasteiger partial charge is 0.741 e. The van der Waals surface area contributed by atoms with E-state index in [1.807, 2.05) is 0 Å². The molecule has 8 heteroatoms. The van der Waals surface area contributed by atoms with Crippen LogP contribution in [0.3, 0.4) is 0 Å². The van der Waals surface area contributed by atoms with Crippen LogP contribution in [0.2, 0.25) is 0 Å². The number of alkyl halides is 3. The zero-order chi connectivity index (χ0) is 24.0. The second-order valence-electron chi connectivity index (χ2n) is 6.91. The van der Waals surface area contributed by atoms with Crippen LogP contribution < -0.4 is 21.2 Å². The van der Waals surface area contributed by atoms with E-state index >= 15 is 0 Å². The summed E-state index contributed by atoms with van der Waals surface area (Å²) in [6.07, 6.45) is 0. The molecule has 0 unspecified atom stereocenters. The molecule has 33 heavy (non-hydrogen) atoms. The van der Waals surface area contributed by atoms with Gasteiger partial charge in [0.1, 0.15) is 28.5 Å². The van der Waals surface area contributed by atoms with Crippen molar-refractivity contribution in [1.29, 1.82) is 0 Å². The van der Waals surface area contributed by atoms with Crippen LogP contribution in [0.4, 0.5) is 13.2 Å². The van der Waals surface area contributed by atoms with E-state index in [1.165, 1.54) is 21.2 Å². The fraction of sp³-hybridized carbons (Fsp3) is 0.0400. The number of rotatable bonds is 4. The Morgan fingerprint density at radius 2 is 0.697 bits per heavy atom. The number of benzene rings is 4. The van der Waals surface area contributed by atoms with Gasteiger partial charge in [0.15, 0.2) is 10.1 Å². The van der Waals surface area contributed by atoms with Gasteiger partial charge in [-0.1, -0.05) is 72.8 Å². The van der Waals surface area contributed by atoms with Gasteiger partial charge in [0.05, 0.1) is 0 Å². The third kappa shape index (κ3) is 5.50. The monoisotopic (exact) mass is 488 g/mol. The summed E-state index contributed by atoms with van der Waals surface area (Å²) < 4.78 is 58.9. The highest BCUT2D eigenvalue weighted by atomic mass is 32.2. The first-order chi connectivity index (χ1) is 15.7. The molecule has 4 aromatic carbocycles. The van der Waals surface area contributed by atoms with Crippen LogP contribution in [0, 0.1) is 0 Å². The summed E-state index contributed by atoms with van der Waals surface area (Å²) in [6, 6.07) is 43.8.